The topological polar surface area (TPSA) is 118 Å². The number of hydrogen-bond acceptors (Lipinski definition) is 7. The molecule has 0 atom stereocenters. The summed E-state index contributed by atoms with van der Waals surface area (Å²) >= 11 is 6.40. The van der Waals surface area contributed by atoms with Crippen LogP contribution in [0.3, 0.4) is 0 Å². The predicted molar refractivity (Wildman–Crippen MR) is 178 cm³/mol. The number of hydrogen-bond donors (Lipinski definition) is 2. The van der Waals surface area contributed by atoms with Gasteiger partial charge in [-0.25, -0.2) is 9.98 Å². The van der Waals surface area contributed by atoms with Crippen LogP contribution in [0.1, 0.15) is 11.4 Å². The van der Waals surface area contributed by atoms with Gasteiger partial charge in [-0.3, -0.25) is 19.0 Å². The number of aliphatic imine (C=N–C) groups is 1. The maximum atomic E-state index is 14.2. The number of aromatic nitrogens is 2. The average Bonchev–Trinajstić information content (AvgIpc) is 3.06. The Hall–Kier alpha value is -5.32. The number of benzene rings is 4. The molecule has 2 N–H and O–H groups in total. The zero-order chi connectivity index (χ0) is 31.3. The smallest absolute Gasteiger partial charge is 0.278 e. The minimum atomic E-state index is -0.628. The largest absolute Gasteiger partial charge is 0.378 e. The molecule has 45 heavy (non-hydrogen) atoms. The summed E-state index contributed by atoms with van der Waals surface area (Å²) in [5.41, 5.74) is 3.18. The Balaban J connectivity index is 1.59. The Kier molecular flexibility index (Phi) is 8.68. The highest BCUT2D eigenvalue weighted by Crippen LogP contribution is 2.28. The third-order valence-electron chi connectivity index (χ3n) is 7.47. The monoisotopic (exact) mass is 620 g/mol. The molecule has 6 rings (SSSR count). The Bertz CT molecular complexity index is 1990. The lowest BCUT2D eigenvalue weighted by molar-refractivity contribution is -0.110. The lowest BCUT2D eigenvalue weighted by Crippen LogP contribution is -2.36. The van der Waals surface area contributed by atoms with E-state index in [1.54, 1.807) is 66.7 Å². The van der Waals surface area contributed by atoms with E-state index in [0.29, 0.717) is 47.4 Å². The van der Waals surface area contributed by atoms with Crippen molar-refractivity contribution in [2.75, 3.05) is 41.8 Å². The number of ether oxygens (including phenoxy) is 1. The van der Waals surface area contributed by atoms with Gasteiger partial charge >= 0.3 is 0 Å². The summed E-state index contributed by atoms with van der Waals surface area (Å²) in [7, 11) is 0. The van der Waals surface area contributed by atoms with Gasteiger partial charge in [0, 0.05) is 18.8 Å². The molecule has 226 valence electrons. The molecule has 0 radical (unpaired) electrons. The summed E-state index contributed by atoms with van der Waals surface area (Å²) in [4.78, 5) is 51.7. The summed E-state index contributed by atoms with van der Waals surface area (Å²) in [5.74, 6) is -0.642. The maximum Gasteiger partial charge on any atom is 0.278 e. The molecule has 2 heterocycles. The van der Waals surface area contributed by atoms with Crippen molar-refractivity contribution >= 4 is 63.3 Å². The van der Waals surface area contributed by atoms with E-state index in [9.17, 15) is 14.4 Å². The van der Waals surface area contributed by atoms with Crippen LogP contribution in [-0.2, 0) is 14.3 Å². The fourth-order valence-corrected chi connectivity index (χ4v) is 5.40. The first-order valence-corrected chi connectivity index (χ1v) is 14.7. The van der Waals surface area contributed by atoms with E-state index in [0.717, 1.165) is 24.3 Å². The van der Waals surface area contributed by atoms with Crippen LogP contribution in [0.4, 0.5) is 22.7 Å². The molecule has 10 nitrogen and oxygen atoms in total. The molecule has 1 saturated heterocycles. The number of nitrogens with one attached hydrogen (secondary N) is 2. The van der Waals surface area contributed by atoms with Crippen LogP contribution in [0.5, 0.6) is 0 Å². The Morgan fingerprint density at radius 1 is 0.933 bits per heavy atom. The molecule has 0 bridgehead atoms. The van der Waals surface area contributed by atoms with Crippen molar-refractivity contribution in [1.82, 2.24) is 9.55 Å². The van der Waals surface area contributed by atoms with Crippen LogP contribution in [0.2, 0.25) is 5.02 Å². The van der Waals surface area contributed by atoms with Crippen molar-refractivity contribution in [3.05, 3.63) is 118 Å². The number of fused-ring (bicyclic) bond motifs is 1. The highest BCUT2D eigenvalue weighted by Gasteiger charge is 2.25. The lowest BCUT2D eigenvalue weighted by atomic mass is 10.1. The van der Waals surface area contributed by atoms with Crippen LogP contribution in [0, 0.1) is 6.92 Å². The van der Waals surface area contributed by atoms with Crippen molar-refractivity contribution in [3.8, 4) is 5.69 Å². The summed E-state index contributed by atoms with van der Waals surface area (Å²) < 4.78 is 6.85. The molecule has 4 aromatic carbocycles. The summed E-state index contributed by atoms with van der Waals surface area (Å²) in [6.07, 6.45) is 0.511. The molecule has 11 heteroatoms. The third-order valence-corrected chi connectivity index (χ3v) is 7.80. The fraction of sp³-hybridized carbons (Fsp3) is 0.147. The number of para-hydroxylation sites is 3. The Morgan fingerprint density at radius 2 is 1.67 bits per heavy atom. The van der Waals surface area contributed by atoms with E-state index in [2.05, 4.69) is 15.5 Å². The quantitative estimate of drug-likeness (QED) is 0.174. The first kappa shape index (κ1) is 29.7. The van der Waals surface area contributed by atoms with E-state index in [-0.39, 0.29) is 22.4 Å². The Morgan fingerprint density at radius 3 is 2.40 bits per heavy atom. The molecule has 0 spiro atoms. The van der Waals surface area contributed by atoms with Gasteiger partial charge < -0.3 is 20.3 Å². The number of nitrogens with zero attached hydrogens (tertiary/aromatic N) is 4. The molecule has 1 aliphatic rings. The summed E-state index contributed by atoms with van der Waals surface area (Å²) in [6, 6.07) is 26.5. The number of anilines is 3. The molecule has 0 aliphatic carbocycles. The van der Waals surface area contributed by atoms with Gasteiger partial charge in [0.25, 0.3) is 11.5 Å². The van der Waals surface area contributed by atoms with Gasteiger partial charge in [0.15, 0.2) is 11.5 Å². The van der Waals surface area contributed by atoms with Crippen LogP contribution >= 0.6 is 11.6 Å². The molecular formula is C34H29ClN6O4. The molecular weight excluding hydrogens is 592 g/mol. The second-order valence-corrected chi connectivity index (χ2v) is 10.7. The van der Waals surface area contributed by atoms with Crippen LogP contribution in [0.25, 0.3) is 16.6 Å². The minimum Gasteiger partial charge on any atom is -0.378 e. The second-order valence-electron chi connectivity index (χ2n) is 10.3. The SMILES string of the molecule is Cc1cc(N2CCOCC2)ccc1N=C(C(=O)Nc1ccccc1Cl)c1nc2c(NC=O)cccc2c(=O)n1-c1ccccc1. The van der Waals surface area contributed by atoms with E-state index < -0.39 is 11.5 Å². The molecule has 5 aromatic rings. The second kappa shape index (κ2) is 13.1. The first-order valence-electron chi connectivity index (χ1n) is 14.3. The number of morpholine rings is 1. The third kappa shape index (κ3) is 6.19. The zero-order valence-electron chi connectivity index (χ0n) is 24.4. The standard InChI is InChI=1S/C34H29ClN6O4/c1-22-20-24(40-16-18-45-19-17-40)14-15-27(22)37-31(33(43)38-28-12-6-5-11-26(28)35)32-39-30-25(10-7-13-29(30)36-21-42)34(44)41(32)23-8-3-2-4-9-23/h2-15,20-21H,16-19H2,1H3,(H,36,42)(H,38,43). The highest BCUT2D eigenvalue weighted by molar-refractivity contribution is 6.49. The molecule has 0 unspecified atom stereocenters. The molecule has 1 fully saturated rings. The van der Waals surface area contributed by atoms with E-state index >= 15 is 0 Å². The van der Waals surface area contributed by atoms with Crippen molar-refractivity contribution in [1.29, 1.82) is 0 Å². The van der Waals surface area contributed by atoms with Crippen LogP contribution in [0.15, 0.2) is 101 Å². The minimum absolute atomic E-state index is 0.0138. The van der Waals surface area contributed by atoms with E-state index in [4.69, 9.17) is 26.3 Å². The van der Waals surface area contributed by atoms with Gasteiger partial charge in [0.05, 0.1) is 46.4 Å². The average molecular weight is 621 g/mol. The zero-order valence-corrected chi connectivity index (χ0v) is 25.1. The number of aryl methyl sites for hydroxylation is 1. The first-order chi connectivity index (χ1) is 21.9. The number of carbonyl (C=O) groups excluding carboxylic acids is 2. The molecule has 1 aromatic heterocycles. The van der Waals surface area contributed by atoms with Crippen molar-refractivity contribution in [2.24, 2.45) is 4.99 Å². The predicted octanol–water partition coefficient (Wildman–Crippen LogP) is 5.51. The van der Waals surface area contributed by atoms with Crippen LogP contribution < -0.4 is 21.1 Å². The molecule has 1 aliphatic heterocycles. The van der Waals surface area contributed by atoms with E-state index in [1.807, 2.05) is 31.2 Å². The molecule has 2 amide bonds. The highest BCUT2D eigenvalue weighted by atomic mass is 35.5. The maximum absolute atomic E-state index is 14.2. The van der Waals surface area contributed by atoms with Gasteiger partial charge in [0.1, 0.15) is 5.52 Å². The van der Waals surface area contributed by atoms with Gasteiger partial charge in [-0.1, -0.05) is 48.0 Å². The van der Waals surface area contributed by atoms with Crippen LogP contribution in [-0.4, -0.2) is 53.9 Å². The number of rotatable bonds is 8. The summed E-state index contributed by atoms with van der Waals surface area (Å²) in [5, 5.41) is 6.05. The van der Waals surface area contributed by atoms with Crippen molar-refractivity contribution in [2.45, 2.75) is 6.92 Å². The molecule has 0 saturated carbocycles. The lowest BCUT2D eigenvalue weighted by Gasteiger charge is -2.29. The fourth-order valence-electron chi connectivity index (χ4n) is 5.21. The number of carbonyl (C=O) groups is 2. The Labute approximate surface area is 264 Å². The van der Waals surface area contributed by atoms with Crippen molar-refractivity contribution in [3.63, 3.8) is 0 Å². The van der Waals surface area contributed by atoms with Crippen molar-refractivity contribution < 1.29 is 14.3 Å². The van der Waals surface area contributed by atoms with Gasteiger partial charge in [-0.2, -0.15) is 0 Å². The number of halogens is 1. The summed E-state index contributed by atoms with van der Waals surface area (Å²) in [6.45, 7) is 4.76. The number of amides is 2. The van der Waals surface area contributed by atoms with Gasteiger partial charge in [-0.15, -0.1) is 0 Å². The normalized spacial score (nSPS) is 13.5. The van der Waals surface area contributed by atoms with Gasteiger partial charge in [-0.05, 0) is 67.1 Å². The van der Waals surface area contributed by atoms with Gasteiger partial charge in [0.2, 0.25) is 6.41 Å². The van der Waals surface area contributed by atoms with E-state index in [1.165, 1.54) is 4.57 Å².